The summed E-state index contributed by atoms with van der Waals surface area (Å²) in [6, 6.07) is 7.50. The Bertz CT molecular complexity index is 351. The summed E-state index contributed by atoms with van der Waals surface area (Å²) in [7, 11) is 0. The van der Waals surface area contributed by atoms with Crippen molar-refractivity contribution in [3.05, 3.63) is 30.5 Å². The van der Waals surface area contributed by atoms with Crippen LogP contribution in [0.5, 0.6) is 0 Å². The molecule has 2 N–H and O–H groups in total. The summed E-state index contributed by atoms with van der Waals surface area (Å²) in [5.74, 6) is 0. The zero-order valence-corrected chi connectivity index (χ0v) is 7.37. The van der Waals surface area contributed by atoms with E-state index in [0.717, 1.165) is 16.7 Å². The molecule has 0 spiro atoms. The molecule has 1 aromatic heterocycles. The van der Waals surface area contributed by atoms with Gasteiger partial charge in [-0.15, -0.1) is 0 Å². The summed E-state index contributed by atoms with van der Waals surface area (Å²) < 4.78 is 5.12. The lowest BCUT2D eigenvalue weighted by atomic mass is 10.2. The van der Waals surface area contributed by atoms with Crippen molar-refractivity contribution < 1.29 is 4.42 Å². The fourth-order valence-electron chi connectivity index (χ4n) is 1.02. The maximum atomic E-state index is 5.64. The molecule has 0 aliphatic heterocycles. The van der Waals surface area contributed by atoms with Crippen LogP contribution in [-0.4, -0.2) is 0 Å². The standard InChI is InChI=1S/C8H7NO.C2H6/c9-7-2-1-3-8-6(7)4-5-10-8;1-2/h1-5H,9H2;1-2H3. The van der Waals surface area contributed by atoms with Crippen molar-refractivity contribution in [2.45, 2.75) is 13.8 Å². The minimum atomic E-state index is 0.770. The molecule has 12 heavy (non-hydrogen) atoms. The van der Waals surface area contributed by atoms with E-state index in [1.807, 2.05) is 38.1 Å². The van der Waals surface area contributed by atoms with Gasteiger partial charge in [0.15, 0.2) is 0 Å². The molecule has 2 rings (SSSR count). The Morgan fingerprint density at radius 3 is 2.58 bits per heavy atom. The van der Waals surface area contributed by atoms with Crippen LogP contribution in [0.3, 0.4) is 0 Å². The number of anilines is 1. The van der Waals surface area contributed by atoms with Crippen LogP contribution in [0.15, 0.2) is 34.9 Å². The second kappa shape index (κ2) is 3.81. The minimum absolute atomic E-state index is 0.770. The van der Waals surface area contributed by atoms with E-state index in [9.17, 15) is 0 Å². The Morgan fingerprint density at radius 1 is 1.17 bits per heavy atom. The molecular weight excluding hydrogens is 150 g/mol. The van der Waals surface area contributed by atoms with Crippen molar-refractivity contribution in [3.63, 3.8) is 0 Å². The zero-order chi connectivity index (χ0) is 8.97. The first-order valence-electron chi connectivity index (χ1n) is 4.09. The predicted octanol–water partition coefficient (Wildman–Crippen LogP) is 3.04. The van der Waals surface area contributed by atoms with Gasteiger partial charge >= 0.3 is 0 Å². The second-order valence-corrected chi connectivity index (χ2v) is 2.18. The number of hydrogen-bond donors (Lipinski definition) is 1. The van der Waals surface area contributed by atoms with Gasteiger partial charge in [0, 0.05) is 11.1 Å². The van der Waals surface area contributed by atoms with Gasteiger partial charge < -0.3 is 10.2 Å². The van der Waals surface area contributed by atoms with Crippen molar-refractivity contribution in [3.8, 4) is 0 Å². The van der Waals surface area contributed by atoms with Crippen molar-refractivity contribution in [1.29, 1.82) is 0 Å². The summed E-state index contributed by atoms with van der Waals surface area (Å²) in [6.07, 6.45) is 1.64. The largest absolute Gasteiger partial charge is 0.464 e. The highest BCUT2D eigenvalue weighted by Crippen LogP contribution is 2.20. The lowest BCUT2D eigenvalue weighted by Crippen LogP contribution is -1.82. The summed E-state index contributed by atoms with van der Waals surface area (Å²) in [4.78, 5) is 0. The number of hydrogen-bond acceptors (Lipinski definition) is 2. The molecule has 2 heteroatoms. The number of benzene rings is 1. The molecule has 0 fully saturated rings. The van der Waals surface area contributed by atoms with Gasteiger partial charge in [0.05, 0.1) is 6.26 Å². The Balaban J connectivity index is 0.000000336. The van der Waals surface area contributed by atoms with Crippen molar-refractivity contribution in [2.24, 2.45) is 0 Å². The third-order valence-corrected chi connectivity index (χ3v) is 1.53. The maximum absolute atomic E-state index is 5.64. The van der Waals surface area contributed by atoms with Crippen LogP contribution >= 0.6 is 0 Å². The fraction of sp³-hybridized carbons (Fsp3) is 0.200. The van der Waals surface area contributed by atoms with Gasteiger partial charge in [0.25, 0.3) is 0 Å². The first-order valence-corrected chi connectivity index (χ1v) is 4.09. The van der Waals surface area contributed by atoms with Crippen LogP contribution in [0.25, 0.3) is 11.0 Å². The number of rotatable bonds is 0. The lowest BCUT2D eigenvalue weighted by molar-refractivity contribution is 0.616. The van der Waals surface area contributed by atoms with Gasteiger partial charge in [0.1, 0.15) is 5.58 Å². The van der Waals surface area contributed by atoms with Crippen LogP contribution in [0.2, 0.25) is 0 Å². The Kier molecular flexibility index (Phi) is 2.75. The third-order valence-electron chi connectivity index (χ3n) is 1.53. The van der Waals surface area contributed by atoms with Crippen LogP contribution in [0.1, 0.15) is 13.8 Å². The summed E-state index contributed by atoms with van der Waals surface area (Å²) in [6.45, 7) is 4.00. The molecule has 64 valence electrons. The highest BCUT2D eigenvalue weighted by Gasteiger charge is 1.96. The van der Waals surface area contributed by atoms with Crippen LogP contribution in [0, 0.1) is 0 Å². The molecule has 0 saturated heterocycles. The molecule has 0 atom stereocenters. The van der Waals surface area contributed by atoms with Gasteiger partial charge in [0.2, 0.25) is 0 Å². The Morgan fingerprint density at radius 2 is 1.92 bits per heavy atom. The second-order valence-electron chi connectivity index (χ2n) is 2.18. The van der Waals surface area contributed by atoms with Crippen LogP contribution in [0.4, 0.5) is 5.69 Å². The molecule has 1 aromatic carbocycles. The van der Waals surface area contributed by atoms with Crippen molar-refractivity contribution in [1.82, 2.24) is 0 Å². The topological polar surface area (TPSA) is 39.2 Å². The Hall–Kier alpha value is -1.44. The molecule has 0 amide bonds. The van der Waals surface area contributed by atoms with E-state index in [1.165, 1.54) is 0 Å². The highest BCUT2D eigenvalue weighted by atomic mass is 16.3. The molecule has 0 saturated carbocycles. The molecule has 2 aromatic rings. The predicted molar refractivity (Wildman–Crippen MR) is 52.0 cm³/mol. The number of furan rings is 1. The van der Waals surface area contributed by atoms with Crippen LogP contribution in [-0.2, 0) is 0 Å². The molecule has 0 bridgehead atoms. The number of nitrogens with two attached hydrogens (primary N) is 1. The van der Waals surface area contributed by atoms with E-state index in [1.54, 1.807) is 6.26 Å². The summed E-state index contributed by atoms with van der Waals surface area (Å²) in [5, 5.41) is 0.988. The van der Waals surface area contributed by atoms with Gasteiger partial charge in [-0.25, -0.2) is 0 Å². The van der Waals surface area contributed by atoms with E-state index in [4.69, 9.17) is 10.2 Å². The molecule has 2 nitrogen and oxygen atoms in total. The zero-order valence-electron chi connectivity index (χ0n) is 7.37. The lowest BCUT2D eigenvalue weighted by Gasteiger charge is -1.90. The van der Waals surface area contributed by atoms with E-state index in [2.05, 4.69) is 0 Å². The molecule has 1 heterocycles. The fourth-order valence-corrected chi connectivity index (χ4v) is 1.02. The molecular formula is C10H13NO. The van der Waals surface area contributed by atoms with Gasteiger partial charge in [-0.3, -0.25) is 0 Å². The first-order chi connectivity index (χ1) is 5.88. The van der Waals surface area contributed by atoms with Crippen molar-refractivity contribution >= 4 is 16.7 Å². The SMILES string of the molecule is CC.Nc1cccc2occc12. The summed E-state index contributed by atoms with van der Waals surface area (Å²) >= 11 is 0. The smallest absolute Gasteiger partial charge is 0.135 e. The monoisotopic (exact) mass is 163 g/mol. The van der Waals surface area contributed by atoms with E-state index < -0.39 is 0 Å². The van der Waals surface area contributed by atoms with Crippen molar-refractivity contribution in [2.75, 3.05) is 5.73 Å². The number of nitrogen functional groups attached to an aromatic ring is 1. The van der Waals surface area contributed by atoms with E-state index >= 15 is 0 Å². The van der Waals surface area contributed by atoms with E-state index in [0.29, 0.717) is 0 Å². The van der Waals surface area contributed by atoms with Gasteiger partial charge in [-0.05, 0) is 18.2 Å². The molecule has 0 aliphatic carbocycles. The normalized spacial score (nSPS) is 9.17. The van der Waals surface area contributed by atoms with E-state index in [-0.39, 0.29) is 0 Å². The first kappa shape index (κ1) is 8.65. The quantitative estimate of drug-likeness (QED) is 0.606. The van der Waals surface area contributed by atoms with Crippen LogP contribution < -0.4 is 5.73 Å². The minimum Gasteiger partial charge on any atom is -0.464 e. The third kappa shape index (κ3) is 1.42. The molecule has 0 radical (unpaired) electrons. The average molecular weight is 163 g/mol. The maximum Gasteiger partial charge on any atom is 0.135 e. The Labute approximate surface area is 72.0 Å². The molecule has 0 unspecified atom stereocenters. The molecule has 0 aliphatic rings. The highest BCUT2D eigenvalue weighted by molar-refractivity contribution is 5.88. The van der Waals surface area contributed by atoms with Gasteiger partial charge in [-0.2, -0.15) is 0 Å². The number of fused-ring (bicyclic) bond motifs is 1. The summed E-state index contributed by atoms with van der Waals surface area (Å²) in [5.41, 5.74) is 7.26. The average Bonchev–Trinajstić information content (AvgIpc) is 2.57. The van der Waals surface area contributed by atoms with Gasteiger partial charge in [-0.1, -0.05) is 19.9 Å².